The van der Waals surface area contributed by atoms with Crippen molar-refractivity contribution in [2.45, 2.75) is 38.1 Å². The van der Waals surface area contributed by atoms with E-state index in [1.54, 1.807) is 0 Å². The monoisotopic (exact) mass is 378 g/mol. The molecule has 23 heavy (non-hydrogen) atoms. The lowest BCUT2D eigenvalue weighted by Gasteiger charge is -2.31. The average molecular weight is 379 g/mol. The van der Waals surface area contributed by atoms with Crippen molar-refractivity contribution in [3.63, 3.8) is 0 Å². The summed E-state index contributed by atoms with van der Waals surface area (Å²) >= 11 is 3.38. The van der Waals surface area contributed by atoms with Gasteiger partial charge in [-0.3, -0.25) is 0 Å². The number of carboxylic acids is 1. The van der Waals surface area contributed by atoms with Gasteiger partial charge in [0.15, 0.2) is 5.82 Å². The van der Waals surface area contributed by atoms with Crippen LogP contribution in [-0.2, 0) is 0 Å². The van der Waals surface area contributed by atoms with Crippen molar-refractivity contribution >= 4 is 27.7 Å². The smallest absolute Gasteiger partial charge is 0.360 e. The lowest BCUT2D eigenvalue weighted by Crippen LogP contribution is -2.34. The summed E-state index contributed by atoms with van der Waals surface area (Å²) in [6.07, 6.45) is 5.75. The average Bonchev–Trinajstić information content (AvgIpc) is 3.01. The van der Waals surface area contributed by atoms with Gasteiger partial charge < -0.3 is 10.0 Å². The fourth-order valence-corrected chi connectivity index (χ4v) is 3.27. The van der Waals surface area contributed by atoms with Gasteiger partial charge in [0.2, 0.25) is 5.69 Å². The summed E-state index contributed by atoms with van der Waals surface area (Å²) in [7, 11) is 1.92. The van der Waals surface area contributed by atoms with Crippen molar-refractivity contribution in [2.24, 2.45) is 0 Å². The number of hydrogen-bond donors (Lipinski definition) is 1. The third-order valence-electron chi connectivity index (χ3n) is 4.31. The van der Waals surface area contributed by atoms with Crippen LogP contribution in [-0.4, -0.2) is 39.2 Å². The maximum absolute atomic E-state index is 11.6. The van der Waals surface area contributed by atoms with Crippen molar-refractivity contribution in [3.8, 4) is 5.69 Å². The first-order valence-corrected chi connectivity index (χ1v) is 8.55. The summed E-state index contributed by atoms with van der Waals surface area (Å²) < 4.78 is 0.950. The molecular weight excluding hydrogens is 360 g/mol. The third-order valence-corrected chi connectivity index (χ3v) is 4.84. The molecule has 122 valence electrons. The Kier molecular flexibility index (Phi) is 4.66. The van der Waals surface area contributed by atoms with Crippen LogP contribution in [0, 0.1) is 0 Å². The first-order valence-electron chi connectivity index (χ1n) is 7.75. The number of aromatic nitrogens is 3. The van der Waals surface area contributed by atoms with Gasteiger partial charge in [0, 0.05) is 17.6 Å². The molecule has 0 aliphatic heterocycles. The number of carboxylic acid groups (broad SMARTS) is 1. The molecule has 0 amide bonds. The van der Waals surface area contributed by atoms with Crippen LogP contribution in [0.2, 0.25) is 0 Å². The van der Waals surface area contributed by atoms with E-state index in [9.17, 15) is 9.90 Å². The number of halogens is 1. The van der Waals surface area contributed by atoms with Gasteiger partial charge in [0.05, 0.1) is 5.69 Å². The molecule has 1 heterocycles. The number of anilines is 1. The van der Waals surface area contributed by atoms with Gasteiger partial charge in [-0.25, -0.2) is 4.79 Å². The molecule has 1 saturated carbocycles. The van der Waals surface area contributed by atoms with E-state index in [1.807, 2.05) is 36.2 Å². The van der Waals surface area contributed by atoms with E-state index in [0.717, 1.165) is 23.0 Å². The van der Waals surface area contributed by atoms with Crippen LogP contribution in [0.4, 0.5) is 5.82 Å². The van der Waals surface area contributed by atoms with Gasteiger partial charge in [-0.15, -0.1) is 15.0 Å². The van der Waals surface area contributed by atoms with Crippen LogP contribution in [0.25, 0.3) is 5.69 Å². The Morgan fingerprint density at radius 2 is 1.87 bits per heavy atom. The number of aromatic carboxylic acids is 1. The molecule has 0 unspecified atom stereocenters. The highest BCUT2D eigenvalue weighted by atomic mass is 79.9. The fraction of sp³-hybridized carbons (Fsp3) is 0.438. The first-order chi connectivity index (χ1) is 11.1. The number of nitrogens with zero attached hydrogens (tertiary/aromatic N) is 4. The van der Waals surface area contributed by atoms with Crippen molar-refractivity contribution in [3.05, 3.63) is 34.4 Å². The zero-order chi connectivity index (χ0) is 16.4. The van der Waals surface area contributed by atoms with Crippen molar-refractivity contribution in [2.75, 3.05) is 11.9 Å². The molecular formula is C16H19BrN4O2. The Balaban J connectivity index is 1.95. The van der Waals surface area contributed by atoms with E-state index in [2.05, 4.69) is 26.1 Å². The van der Waals surface area contributed by atoms with Gasteiger partial charge in [0.25, 0.3) is 0 Å². The summed E-state index contributed by atoms with van der Waals surface area (Å²) in [4.78, 5) is 14.9. The minimum absolute atomic E-state index is 0.000919. The molecule has 3 rings (SSSR count). The standard InChI is InChI=1S/C16H19BrN4O2/c1-20(12-5-3-2-4-6-12)15-14(16(22)23)18-21(19-15)13-9-7-11(17)8-10-13/h7-10,12H,2-6H2,1H3,(H,22,23). The highest BCUT2D eigenvalue weighted by molar-refractivity contribution is 9.10. The Morgan fingerprint density at radius 3 is 2.48 bits per heavy atom. The minimum Gasteiger partial charge on any atom is -0.476 e. The fourth-order valence-electron chi connectivity index (χ4n) is 3.01. The predicted octanol–water partition coefficient (Wildman–Crippen LogP) is 3.50. The lowest BCUT2D eigenvalue weighted by atomic mass is 9.94. The first kappa shape index (κ1) is 16.0. The zero-order valence-corrected chi connectivity index (χ0v) is 14.5. The zero-order valence-electron chi connectivity index (χ0n) is 12.9. The molecule has 6 nitrogen and oxygen atoms in total. The molecule has 1 aromatic heterocycles. The number of benzene rings is 1. The van der Waals surface area contributed by atoms with Gasteiger partial charge in [-0.2, -0.15) is 0 Å². The second-order valence-electron chi connectivity index (χ2n) is 5.85. The molecule has 1 N–H and O–H groups in total. The van der Waals surface area contributed by atoms with Crippen LogP contribution in [0.15, 0.2) is 28.7 Å². The molecule has 0 bridgehead atoms. The highest BCUT2D eigenvalue weighted by Gasteiger charge is 2.27. The molecule has 2 aromatic rings. The number of hydrogen-bond acceptors (Lipinski definition) is 4. The maximum atomic E-state index is 11.6. The molecule has 1 fully saturated rings. The topological polar surface area (TPSA) is 71.2 Å². The molecule has 0 radical (unpaired) electrons. The summed E-state index contributed by atoms with van der Waals surface area (Å²) in [6, 6.07) is 7.78. The summed E-state index contributed by atoms with van der Waals surface area (Å²) in [6.45, 7) is 0. The van der Waals surface area contributed by atoms with Crippen LogP contribution in [0.1, 0.15) is 42.6 Å². The third kappa shape index (κ3) is 3.39. The second kappa shape index (κ2) is 6.70. The maximum Gasteiger partial charge on any atom is 0.360 e. The highest BCUT2D eigenvalue weighted by Crippen LogP contribution is 2.27. The molecule has 1 aliphatic rings. The van der Waals surface area contributed by atoms with E-state index in [-0.39, 0.29) is 5.69 Å². The normalized spacial score (nSPS) is 15.6. The van der Waals surface area contributed by atoms with Crippen LogP contribution in [0.5, 0.6) is 0 Å². The molecule has 1 aliphatic carbocycles. The summed E-state index contributed by atoms with van der Waals surface area (Å²) in [5.41, 5.74) is 0.736. The summed E-state index contributed by atoms with van der Waals surface area (Å²) in [5.74, 6) is -0.613. The Labute approximate surface area is 143 Å². The van der Waals surface area contributed by atoms with E-state index in [0.29, 0.717) is 11.9 Å². The molecule has 0 saturated heterocycles. The van der Waals surface area contributed by atoms with E-state index in [4.69, 9.17) is 0 Å². The number of carbonyl (C=O) groups is 1. The van der Waals surface area contributed by atoms with Gasteiger partial charge in [-0.05, 0) is 37.1 Å². The molecule has 0 atom stereocenters. The van der Waals surface area contributed by atoms with E-state index >= 15 is 0 Å². The Bertz CT molecular complexity index is 693. The van der Waals surface area contributed by atoms with Gasteiger partial charge in [0.1, 0.15) is 0 Å². The van der Waals surface area contributed by atoms with Crippen LogP contribution in [0.3, 0.4) is 0 Å². The van der Waals surface area contributed by atoms with Crippen molar-refractivity contribution in [1.82, 2.24) is 15.0 Å². The predicted molar refractivity (Wildman–Crippen MR) is 91.3 cm³/mol. The van der Waals surface area contributed by atoms with Crippen molar-refractivity contribution < 1.29 is 9.90 Å². The van der Waals surface area contributed by atoms with Gasteiger partial charge in [-0.1, -0.05) is 35.2 Å². The number of rotatable bonds is 4. The molecule has 1 aromatic carbocycles. The van der Waals surface area contributed by atoms with E-state index < -0.39 is 5.97 Å². The Morgan fingerprint density at radius 1 is 1.22 bits per heavy atom. The van der Waals surface area contributed by atoms with Gasteiger partial charge >= 0.3 is 5.97 Å². The van der Waals surface area contributed by atoms with Crippen molar-refractivity contribution in [1.29, 1.82) is 0 Å². The quantitative estimate of drug-likeness (QED) is 0.881. The van der Waals surface area contributed by atoms with Crippen LogP contribution < -0.4 is 4.90 Å². The van der Waals surface area contributed by atoms with Crippen LogP contribution >= 0.6 is 15.9 Å². The molecule has 7 heteroatoms. The minimum atomic E-state index is -1.05. The second-order valence-corrected chi connectivity index (χ2v) is 6.76. The summed E-state index contributed by atoms with van der Waals surface area (Å²) in [5, 5.41) is 18.1. The SMILES string of the molecule is CN(c1nn(-c2ccc(Br)cc2)nc1C(=O)O)C1CCCCC1. The molecule has 0 spiro atoms. The lowest BCUT2D eigenvalue weighted by molar-refractivity contribution is 0.0690. The largest absolute Gasteiger partial charge is 0.476 e. The van der Waals surface area contributed by atoms with E-state index in [1.165, 1.54) is 24.1 Å². The Hall–Kier alpha value is -1.89.